The van der Waals surface area contributed by atoms with Crippen LogP contribution in [0.1, 0.15) is 21.5 Å². The van der Waals surface area contributed by atoms with Crippen molar-refractivity contribution in [1.29, 1.82) is 0 Å². The lowest BCUT2D eigenvalue weighted by Gasteiger charge is -2.10. The van der Waals surface area contributed by atoms with Crippen LogP contribution in [0.4, 0.5) is 0 Å². The molecule has 0 aromatic carbocycles. The van der Waals surface area contributed by atoms with E-state index in [9.17, 15) is 4.79 Å². The van der Waals surface area contributed by atoms with Crippen molar-refractivity contribution in [2.75, 3.05) is 18.6 Å². The highest BCUT2D eigenvalue weighted by Gasteiger charge is 2.11. The van der Waals surface area contributed by atoms with E-state index in [2.05, 4.69) is 17.2 Å². The molecule has 1 atom stereocenters. The molecule has 2 N–H and O–H groups in total. The largest absolute Gasteiger partial charge is 0.384 e. The zero-order valence-electron chi connectivity index (χ0n) is 9.82. The molecule has 1 aromatic rings. The predicted molar refractivity (Wildman–Crippen MR) is 73.6 cm³/mol. The average Bonchev–Trinajstić information content (AvgIpc) is 2.75. The molecule has 1 amide bonds. The fourth-order valence-corrected chi connectivity index (χ4v) is 2.61. The van der Waals surface area contributed by atoms with Crippen molar-refractivity contribution >= 4 is 29.0 Å². The summed E-state index contributed by atoms with van der Waals surface area (Å²) in [6.07, 6.45) is 2.01. The van der Waals surface area contributed by atoms with Gasteiger partial charge in [0.15, 0.2) is 0 Å². The van der Waals surface area contributed by atoms with E-state index in [0.717, 1.165) is 10.6 Å². The SMILES string of the molecule is CSCC(C)NC(=O)c1ccc(C#CCO)s1. The smallest absolute Gasteiger partial charge is 0.261 e. The number of amides is 1. The van der Waals surface area contributed by atoms with Crippen molar-refractivity contribution in [1.82, 2.24) is 5.32 Å². The van der Waals surface area contributed by atoms with E-state index in [1.807, 2.05) is 13.2 Å². The Kier molecular flexibility index (Phi) is 6.12. The standard InChI is InChI=1S/C12H15NO2S2/c1-9(8-16-2)13-12(15)11-6-5-10(17-11)4-3-7-14/h5-6,9,14H,7-8H2,1-2H3,(H,13,15). The van der Waals surface area contributed by atoms with Gasteiger partial charge in [-0.1, -0.05) is 11.8 Å². The molecule has 1 rings (SSSR count). The third kappa shape index (κ3) is 4.82. The highest BCUT2D eigenvalue weighted by molar-refractivity contribution is 7.98. The Bertz CT molecular complexity index is 431. The molecule has 1 heterocycles. The Balaban J connectivity index is 2.60. The van der Waals surface area contributed by atoms with Crippen molar-refractivity contribution in [3.8, 4) is 11.8 Å². The Morgan fingerprint density at radius 1 is 1.65 bits per heavy atom. The van der Waals surface area contributed by atoms with Crippen LogP contribution < -0.4 is 5.32 Å². The molecule has 0 spiro atoms. The van der Waals surface area contributed by atoms with Gasteiger partial charge in [0, 0.05) is 11.8 Å². The Morgan fingerprint density at radius 2 is 2.41 bits per heavy atom. The maximum atomic E-state index is 11.8. The van der Waals surface area contributed by atoms with Crippen LogP contribution in [-0.2, 0) is 0 Å². The minimum Gasteiger partial charge on any atom is -0.384 e. The van der Waals surface area contributed by atoms with Crippen molar-refractivity contribution in [3.05, 3.63) is 21.9 Å². The van der Waals surface area contributed by atoms with E-state index in [1.165, 1.54) is 11.3 Å². The summed E-state index contributed by atoms with van der Waals surface area (Å²) in [5, 5.41) is 11.5. The van der Waals surface area contributed by atoms with Crippen molar-refractivity contribution in [3.63, 3.8) is 0 Å². The van der Waals surface area contributed by atoms with Gasteiger partial charge < -0.3 is 10.4 Å². The molecule has 1 unspecified atom stereocenters. The Morgan fingerprint density at radius 3 is 3.06 bits per heavy atom. The van der Waals surface area contributed by atoms with E-state index >= 15 is 0 Å². The molecule has 0 aliphatic carbocycles. The molecule has 0 fully saturated rings. The first-order valence-corrected chi connectivity index (χ1v) is 7.37. The third-order valence-electron chi connectivity index (χ3n) is 1.91. The van der Waals surface area contributed by atoms with Crippen molar-refractivity contribution in [2.24, 2.45) is 0 Å². The Labute approximate surface area is 110 Å². The number of thiophene rings is 1. The fourth-order valence-electron chi connectivity index (χ4n) is 1.24. The van der Waals surface area contributed by atoms with Gasteiger partial charge in [0.05, 0.1) is 9.75 Å². The van der Waals surface area contributed by atoms with Gasteiger partial charge in [0.1, 0.15) is 6.61 Å². The number of nitrogens with one attached hydrogen (secondary N) is 1. The van der Waals surface area contributed by atoms with Crippen LogP contribution in [0, 0.1) is 11.8 Å². The zero-order chi connectivity index (χ0) is 12.7. The lowest BCUT2D eigenvalue weighted by Crippen LogP contribution is -2.33. The average molecular weight is 269 g/mol. The third-order valence-corrected chi connectivity index (χ3v) is 3.75. The van der Waals surface area contributed by atoms with Crippen LogP contribution in [0.25, 0.3) is 0 Å². The molecule has 0 aliphatic rings. The van der Waals surface area contributed by atoms with Gasteiger partial charge in [-0.25, -0.2) is 0 Å². The molecule has 0 radical (unpaired) electrons. The number of aliphatic hydroxyl groups is 1. The fraction of sp³-hybridized carbons (Fsp3) is 0.417. The first kappa shape index (κ1) is 14.1. The molecular weight excluding hydrogens is 254 g/mol. The minimum absolute atomic E-state index is 0.0615. The van der Waals surface area contributed by atoms with E-state index in [0.29, 0.717) is 4.88 Å². The van der Waals surface area contributed by atoms with Gasteiger partial charge in [-0.15, -0.1) is 11.3 Å². The van der Waals surface area contributed by atoms with Gasteiger partial charge in [-0.05, 0) is 25.3 Å². The van der Waals surface area contributed by atoms with Crippen LogP contribution in [0.3, 0.4) is 0 Å². The predicted octanol–water partition coefficient (Wildman–Crippen LogP) is 1.57. The number of carbonyl (C=O) groups is 1. The summed E-state index contributed by atoms with van der Waals surface area (Å²) in [6.45, 7) is 1.82. The molecule has 0 aliphatic heterocycles. The highest BCUT2D eigenvalue weighted by atomic mass is 32.2. The summed E-state index contributed by atoms with van der Waals surface area (Å²) in [5.74, 6) is 6.18. The summed E-state index contributed by atoms with van der Waals surface area (Å²) < 4.78 is 0. The monoisotopic (exact) mass is 269 g/mol. The molecule has 0 saturated carbocycles. The molecule has 1 aromatic heterocycles. The maximum absolute atomic E-state index is 11.8. The van der Waals surface area contributed by atoms with Crippen molar-refractivity contribution in [2.45, 2.75) is 13.0 Å². The molecule has 17 heavy (non-hydrogen) atoms. The number of aliphatic hydroxyl groups excluding tert-OH is 1. The van der Waals surface area contributed by atoms with Gasteiger partial charge in [-0.2, -0.15) is 11.8 Å². The molecule has 0 saturated heterocycles. The normalized spacial score (nSPS) is 11.5. The van der Waals surface area contributed by atoms with Crippen molar-refractivity contribution < 1.29 is 9.90 Å². The summed E-state index contributed by atoms with van der Waals surface area (Å²) in [6, 6.07) is 3.71. The number of rotatable bonds is 4. The van der Waals surface area contributed by atoms with E-state index in [-0.39, 0.29) is 18.6 Å². The van der Waals surface area contributed by atoms with Gasteiger partial charge in [-0.3, -0.25) is 4.79 Å². The summed E-state index contributed by atoms with van der Waals surface area (Å²) >= 11 is 3.04. The number of hydrogen-bond donors (Lipinski definition) is 2. The summed E-state index contributed by atoms with van der Waals surface area (Å²) in [5.41, 5.74) is 0. The maximum Gasteiger partial charge on any atom is 0.261 e. The second-order valence-corrected chi connectivity index (χ2v) is 5.45. The molecule has 3 nitrogen and oxygen atoms in total. The molecule has 92 valence electrons. The number of hydrogen-bond acceptors (Lipinski definition) is 4. The first-order valence-electron chi connectivity index (χ1n) is 5.16. The lowest BCUT2D eigenvalue weighted by atomic mass is 10.3. The van der Waals surface area contributed by atoms with Crippen LogP contribution in [0.15, 0.2) is 12.1 Å². The van der Waals surface area contributed by atoms with Gasteiger partial charge in [0.25, 0.3) is 5.91 Å². The topological polar surface area (TPSA) is 49.3 Å². The van der Waals surface area contributed by atoms with Crippen LogP contribution in [0.5, 0.6) is 0 Å². The highest BCUT2D eigenvalue weighted by Crippen LogP contribution is 2.15. The summed E-state index contributed by atoms with van der Waals surface area (Å²) in [7, 11) is 0. The molecule has 0 bridgehead atoms. The number of thioether (sulfide) groups is 1. The van der Waals surface area contributed by atoms with E-state index < -0.39 is 0 Å². The van der Waals surface area contributed by atoms with Crippen LogP contribution in [-0.4, -0.2) is 35.7 Å². The van der Waals surface area contributed by atoms with E-state index in [4.69, 9.17) is 5.11 Å². The summed E-state index contributed by atoms with van der Waals surface area (Å²) in [4.78, 5) is 13.3. The van der Waals surface area contributed by atoms with Crippen LogP contribution in [0.2, 0.25) is 0 Å². The lowest BCUT2D eigenvalue weighted by molar-refractivity contribution is 0.0948. The molecule has 5 heteroatoms. The molecular formula is C12H15NO2S2. The Hall–Kier alpha value is -0.960. The second-order valence-electron chi connectivity index (χ2n) is 3.45. The first-order chi connectivity index (χ1) is 8.17. The van der Waals surface area contributed by atoms with Gasteiger partial charge in [0.2, 0.25) is 0 Å². The minimum atomic E-state index is -0.163. The quantitative estimate of drug-likeness (QED) is 0.816. The van der Waals surface area contributed by atoms with Gasteiger partial charge >= 0.3 is 0 Å². The second kappa shape index (κ2) is 7.38. The number of carbonyl (C=O) groups excluding carboxylic acids is 1. The zero-order valence-corrected chi connectivity index (χ0v) is 11.5. The van der Waals surface area contributed by atoms with Crippen LogP contribution >= 0.6 is 23.1 Å². The van der Waals surface area contributed by atoms with E-state index in [1.54, 1.807) is 23.9 Å².